The minimum Gasteiger partial charge on any atom is -0.508 e. The summed E-state index contributed by atoms with van der Waals surface area (Å²) in [6, 6.07) is 4.92. The van der Waals surface area contributed by atoms with E-state index in [2.05, 4.69) is 12.2 Å². The van der Waals surface area contributed by atoms with Gasteiger partial charge in [-0.3, -0.25) is 4.79 Å². The van der Waals surface area contributed by atoms with Crippen LogP contribution in [0.4, 0.5) is 0 Å². The summed E-state index contributed by atoms with van der Waals surface area (Å²) in [6.07, 6.45) is 3.01. The van der Waals surface area contributed by atoms with Crippen molar-refractivity contribution in [1.82, 2.24) is 5.32 Å². The summed E-state index contributed by atoms with van der Waals surface area (Å²) in [7, 11) is 0. The molecule has 1 atom stereocenters. The van der Waals surface area contributed by atoms with Crippen LogP contribution in [0.15, 0.2) is 18.2 Å². The van der Waals surface area contributed by atoms with Gasteiger partial charge < -0.3 is 16.2 Å². The maximum absolute atomic E-state index is 12.0. The lowest BCUT2D eigenvalue weighted by Gasteiger charge is -2.16. The first-order chi connectivity index (χ1) is 8.58. The summed E-state index contributed by atoms with van der Waals surface area (Å²) in [5.41, 5.74) is 6.85. The second-order valence-electron chi connectivity index (χ2n) is 4.55. The fourth-order valence-corrected chi connectivity index (χ4v) is 1.72. The third-order valence-corrected chi connectivity index (χ3v) is 3.00. The number of hydrogen-bond donors (Lipinski definition) is 3. The molecule has 1 aromatic rings. The van der Waals surface area contributed by atoms with Gasteiger partial charge in [-0.05, 0) is 31.0 Å². The molecule has 0 bridgehead atoms. The Labute approximate surface area is 108 Å². The molecule has 0 aliphatic rings. The minimum atomic E-state index is -0.183. The van der Waals surface area contributed by atoms with Gasteiger partial charge in [0, 0.05) is 18.2 Å². The zero-order valence-electron chi connectivity index (χ0n) is 11.1. The normalized spacial score (nSPS) is 12.2. The number of benzene rings is 1. The van der Waals surface area contributed by atoms with E-state index in [0.717, 1.165) is 24.8 Å². The molecule has 0 aromatic heterocycles. The maximum Gasteiger partial charge on any atom is 0.251 e. The lowest BCUT2D eigenvalue weighted by Crippen LogP contribution is -2.40. The van der Waals surface area contributed by atoms with Crippen LogP contribution in [0.3, 0.4) is 0 Å². The zero-order valence-corrected chi connectivity index (χ0v) is 11.1. The number of amides is 1. The molecule has 0 fully saturated rings. The SMILES string of the molecule is CCCCC(CN)NC(=O)c1ccc(C)c(O)c1. The monoisotopic (exact) mass is 250 g/mol. The van der Waals surface area contributed by atoms with E-state index >= 15 is 0 Å². The van der Waals surface area contributed by atoms with Crippen LogP contribution in [0.1, 0.15) is 42.1 Å². The van der Waals surface area contributed by atoms with Crippen molar-refractivity contribution >= 4 is 5.91 Å². The van der Waals surface area contributed by atoms with Gasteiger partial charge in [0.15, 0.2) is 0 Å². The van der Waals surface area contributed by atoms with Crippen LogP contribution < -0.4 is 11.1 Å². The third-order valence-electron chi connectivity index (χ3n) is 3.00. The molecular formula is C14H22N2O2. The second kappa shape index (κ2) is 7.01. The number of phenols is 1. The van der Waals surface area contributed by atoms with E-state index in [0.29, 0.717) is 12.1 Å². The number of rotatable bonds is 6. The largest absolute Gasteiger partial charge is 0.508 e. The number of nitrogens with one attached hydrogen (secondary N) is 1. The van der Waals surface area contributed by atoms with Crippen molar-refractivity contribution in [1.29, 1.82) is 0 Å². The first-order valence-corrected chi connectivity index (χ1v) is 6.39. The Morgan fingerprint density at radius 1 is 1.50 bits per heavy atom. The van der Waals surface area contributed by atoms with E-state index in [4.69, 9.17) is 5.73 Å². The molecule has 0 saturated heterocycles. The lowest BCUT2D eigenvalue weighted by atomic mass is 10.1. The summed E-state index contributed by atoms with van der Waals surface area (Å²) in [4.78, 5) is 12.0. The molecule has 4 heteroatoms. The van der Waals surface area contributed by atoms with Crippen LogP contribution in [-0.4, -0.2) is 23.6 Å². The second-order valence-corrected chi connectivity index (χ2v) is 4.55. The smallest absolute Gasteiger partial charge is 0.251 e. The minimum absolute atomic E-state index is 0.000830. The van der Waals surface area contributed by atoms with E-state index in [-0.39, 0.29) is 17.7 Å². The molecule has 0 aliphatic carbocycles. The number of unbranched alkanes of at least 4 members (excludes halogenated alkanes) is 1. The van der Waals surface area contributed by atoms with Crippen LogP contribution in [0.25, 0.3) is 0 Å². The highest BCUT2D eigenvalue weighted by Gasteiger charge is 2.12. The van der Waals surface area contributed by atoms with E-state index < -0.39 is 0 Å². The van der Waals surface area contributed by atoms with Crippen LogP contribution >= 0.6 is 0 Å². The summed E-state index contributed by atoms with van der Waals surface area (Å²) in [5.74, 6) is -0.0441. The Balaban J connectivity index is 2.65. The van der Waals surface area contributed by atoms with Crippen LogP contribution in [0.5, 0.6) is 5.75 Å². The predicted octanol–water partition coefficient (Wildman–Crippen LogP) is 1.95. The van der Waals surface area contributed by atoms with Gasteiger partial charge in [0.25, 0.3) is 5.91 Å². The molecule has 100 valence electrons. The number of aryl methyl sites for hydroxylation is 1. The molecule has 4 nitrogen and oxygen atoms in total. The van der Waals surface area contributed by atoms with Crippen molar-refractivity contribution in [3.8, 4) is 5.75 Å². The topological polar surface area (TPSA) is 75.3 Å². The van der Waals surface area contributed by atoms with Crippen molar-refractivity contribution < 1.29 is 9.90 Å². The Morgan fingerprint density at radius 3 is 2.78 bits per heavy atom. The van der Waals surface area contributed by atoms with Gasteiger partial charge in [0.05, 0.1) is 0 Å². The van der Waals surface area contributed by atoms with Gasteiger partial charge in [-0.25, -0.2) is 0 Å². The molecule has 1 unspecified atom stereocenters. The average molecular weight is 250 g/mol. The number of hydrogen-bond acceptors (Lipinski definition) is 3. The Morgan fingerprint density at radius 2 is 2.22 bits per heavy atom. The predicted molar refractivity (Wildman–Crippen MR) is 72.7 cm³/mol. The van der Waals surface area contributed by atoms with E-state index in [1.807, 2.05) is 0 Å². The fourth-order valence-electron chi connectivity index (χ4n) is 1.72. The summed E-state index contributed by atoms with van der Waals surface area (Å²) in [6.45, 7) is 4.33. The highest BCUT2D eigenvalue weighted by atomic mass is 16.3. The zero-order chi connectivity index (χ0) is 13.5. The molecule has 0 aliphatic heterocycles. The van der Waals surface area contributed by atoms with Crippen LogP contribution in [0, 0.1) is 6.92 Å². The van der Waals surface area contributed by atoms with Gasteiger partial charge in [0.2, 0.25) is 0 Å². The van der Waals surface area contributed by atoms with Crippen LogP contribution in [0.2, 0.25) is 0 Å². The molecule has 0 heterocycles. The van der Waals surface area contributed by atoms with Gasteiger partial charge in [-0.2, -0.15) is 0 Å². The highest BCUT2D eigenvalue weighted by Crippen LogP contribution is 2.17. The first kappa shape index (κ1) is 14.5. The van der Waals surface area contributed by atoms with Gasteiger partial charge in [-0.1, -0.05) is 25.8 Å². The standard InChI is InChI=1S/C14H22N2O2/c1-3-4-5-12(9-15)16-14(18)11-7-6-10(2)13(17)8-11/h6-8,12,17H,3-5,9,15H2,1-2H3,(H,16,18). The maximum atomic E-state index is 12.0. The lowest BCUT2D eigenvalue weighted by molar-refractivity contribution is 0.0935. The molecule has 18 heavy (non-hydrogen) atoms. The van der Waals surface area contributed by atoms with E-state index in [1.165, 1.54) is 6.07 Å². The van der Waals surface area contributed by atoms with Crippen LogP contribution in [-0.2, 0) is 0 Å². The van der Waals surface area contributed by atoms with Gasteiger partial charge in [0.1, 0.15) is 5.75 Å². The first-order valence-electron chi connectivity index (χ1n) is 6.39. The molecule has 0 spiro atoms. The number of aromatic hydroxyl groups is 1. The van der Waals surface area contributed by atoms with Crippen molar-refractivity contribution in [2.45, 2.75) is 39.2 Å². The molecule has 1 aromatic carbocycles. The summed E-state index contributed by atoms with van der Waals surface area (Å²) >= 11 is 0. The van der Waals surface area contributed by atoms with Crippen molar-refractivity contribution in [3.05, 3.63) is 29.3 Å². The molecule has 1 amide bonds. The third kappa shape index (κ3) is 4.04. The van der Waals surface area contributed by atoms with Crippen molar-refractivity contribution in [2.24, 2.45) is 5.73 Å². The summed E-state index contributed by atoms with van der Waals surface area (Å²) in [5, 5.41) is 12.5. The number of carbonyl (C=O) groups excluding carboxylic acids is 1. The van der Waals surface area contributed by atoms with E-state index in [1.54, 1.807) is 19.1 Å². The summed E-state index contributed by atoms with van der Waals surface area (Å²) < 4.78 is 0. The Bertz CT molecular complexity index is 405. The number of phenolic OH excluding ortho intramolecular Hbond substituents is 1. The van der Waals surface area contributed by atoms with Crippen molar-refractivity contribution in [3.63, 3.8) is 0 Å². The molecule has 0 radical (unpaired) electrons. The van der Waals surface area contributed by atoms with Gasteiger partial charge >= 0.3 is 0 Å². The van der Waals surface area contributed by atoms with Crippen molar-refractivity contribution in [2.75, 3.05) is 6.54 Å². The highest BCUT2D eigenvalue weighted by molar-refractivity contribution is 5.94. The molecule has 1 rings (SSSR count). The Hall–Kier alpha value is -1.55. The fraction of sp³-hybridized carbons (Fsp3) is 0.500. The molecule has 0 saturated carbocycles. The number of carbonyl (C=O) groups is 1. The molecule has 4 N–H and O–H groups in total. The Kier molecular flexibility index (Phi) is 5.65. The quantitative estimate of drug-likeness (QED) is 0.722. The molecular weight excluding hydrogens is 228 g/mol. The number of nitrogens with two attached hydrogens (primary N) is 1. The van der Waals surface area contributed by atoms with Gasteiger partial charge in [-0.15, -0.1) is 0 Å². The average Bonchev–Trinajstić information content (AvgIpc) is 2.37. The van der Waals surface area contributed by atoms with E-state index in [9.17, 15) is 9.90 Å².